The smallest absolute Gasteiger partial charge is 0.161 e. The van der Waals surface area contributed by atoms with Crippen molar-refractivity contribution in [1.82, 2.24) is 0 Å². The molecular formula is C16H18ClNO2S. The molecule has 0 aliphatic rings. The maximum Gasteiger partial charge on any atom is 0.161 e. The van der Waals surface area contributed by atoms with Crippen LogP contribution in [0.25, 0.3) is 0 Å². The Morgan fingerprint density at radius 3 is 2.38 bits per heavy atom. The number of rotatable bonds is 6. The van der Waals surface area contributed by atoms with Crippen molar-refractivity contribution in [1.29, 1.82) is 0 Å². The van der Waals surface area contributed by atoms with Gasteiger partial charge in [-0.2, -0.15) is 0 Å². The van der Waals surface area contributed by atoms with Crippen molar-refractivity contribution >= 4 is 29.1 Å². The van der Waals surface area contributed by atoms with Crippen LogP contribution < -0.4 is 14.8 Å². The second kappa shape index (κ2) is 7.48. The summed E-state index contributed by atoms with van der Waals surface area (Å²) in [5, 5.41) is 4.06. The molecule has 0 aliphatic carbocycles. The van der Waals surface area contributed by atoms with Crippen LogP contribution in [0.4, 0.5) is 5.69 Å². The van der Waals surface area contributed by atoms with Gasteiger partial charge in [-0.3, -0.25) is 0 Å². The molecule has 2 rings (SSSR count). The molecule has 0 aliphatic heterocycles. The van der Waals surface area contributed by atoms with Crippen LogP contribution in [-0.4, -0.2) is 20.5 Å². The normalized spacial score (nSPS) is 10.3. The fraction of sp³-hybridized carbons (Fsp3) is 0.250. The number of nitrogens with one attached hydrogen (secondary N) is 1. The highest BCUT2D eigenvalue weighted by molar-refractivity contribution is 7.98. The quantitative estimate of drug-likeness (QED) is 0.781. The zero-order chi connectivity index (χ0) is 15.2. The lowest BCUT2D eigenvalue weighted by molar-refractivity contribution is 0.353. The molecule has 0 atom stereocenters. The van der Waals surface area contributed by atoms with Gasteiger partial charge in [0.2, 0.25) is 0 Å². The molecule has 5 heteroatoms. The standard InChI is InChI=1S/C16H18ClNO2S/c1-19-14-8-11(16(21-3)9-15(14)20-2)10-18-13-7-5-4-6-12(13)17/h4-9,18H,10H2,1-3H3. The van der Waals surface area contributed by atoms with E-state index in [9.17, 15) is 0 Å². The largest absolute Gasteiger partial charge is 0.493 e. The summed E-state index contributed by atoms with van der Waals surface area (Å²) in [4.78, 5) is 1.15. The Morgan fingerprint density at radius 1 is 1.10 bits per heavy atom. The van der Waals surface area contributed by atoms with Gasteiger partial charge in [0, 0.05) is 11.4 Å². The van der Waals surface area contributed by atoms with Crippen LogP contribution in [0.2, 0.25) is 5.02 Å². The van der Waals surface area contributed by atoms with Crippen molar-refractivity contribution in [3.05, 3.63) is 47.0 Å². The number of halogens is 1. The summed E-state index contributed by atoms with van der Waals surface area (Å²) in [6.45, 7) is 0.667. The summed E-state index contributed by atoms with van der Waals surface area (Å²) in [6.07, 6.45) is 2.04. The minimum Gasteiger partial charge on any atom is -0.493 e. The molecule has 0 heterocycles. The van der Waals surface area contributed by atoms with Gasteiger partial charge in [0.05, 0.1) is 24.9 Å². The van der Waals surface area contributed by atoms with E-state index in [0.29, 0.717) is 11.6 Å². The molecule has 0 fully saturated rings. The highest BCUT2D eigenvalue weighted by Gasteiger charge is 2.11. The van der Waals surface area contributed by atoms with E-state index < -0.39 is 0 Å². The number of hydrogen-bond donors (Lipinski definition) is 1. The fourth-order valence-electron chi connectivity index (χ4n) is 2.03. The van der Waals surface area contributed by atoms with Crippen LogP contribution in [-0.2, 0) is 6.54 Å². The van der Waals surface area contributed by atoms with E-state index >= 15 is 0 Å². The van der Waals surface area contributed by atoms with Crippen LogP contribution in [0.5, 0.6) is 11.5 Å². The lowest BCUT2D eigenvalue weighted by Crippen LogP contribution is -2.03. The molecule has 2 aromatic rings. The maximum absolute atomic E-state index is 6.16. The predicted molar refractivity (Wildman–Crippen MR) is 90.1 cm³/mol. The molecule has 2 aromatic carbocycles. The Morgan fingerprint density at radius 2 is 1.76 bits per heavy atom. The van der Waals surface area contributed by atoms with E-state index in [1.165, 1.54) is 0 Å². The van der Waals surface area contributed by atoms with Gasteiger partial charge in [-0.15, -0.1) is 11.8 Å². The van der Waals surface area contributed by atoms with Crippen molar-refractivity contribution in [2.75, 3.05) is 25.8 Å². The molecule has 3 nitrogen and oxygen atoms in total. The van der Waals surface area contributed by atoms with Gasteiger partial charge in [0.25, 0.3) is 0 Å². The van der Waals surface area contributed by atoms with E-state index in [1.807, 2.05) is 42.7 Å². The monoisotopic (exact) mass is 323 g/mol. The lowest BCUT2D eigenvalue weighted by Gasteiger charge is -2.15. The lowest BCUT2D eigenvalue weighted by atomic mass is 10.2. The number of hydrogen-bond acceptors (Lipinski definition) is 4. The van der Waals surface area contributed by atoms with E-state index in [2.05, 4.69) is 5.32 Å². The van der Waals surface area contributed by atoms with Gasteiger partial charge < -0.3 is 14.8 Å². The second-order valence-electron chi connectivity index (χ2n) is 4.35. The molecule has 0 amide bonds. The molecule has 0 bridgehead atoms. The molecule has 0 spiro atoms. The summed E-state index contributed by atoms with van der Waals surface area (Å²) in [6, 6.07) is 11.7. The van der Waals surface area contributed by atoms with E-state index in [0.717, 1.165) is 27.6 Å². The number of ether oxygens (including phenoxy) is 2. The third kappa shape index (κ3) is 3.77. The second-order valence-corrected chi connectivity index (χ2v) is 5.61. The van der Waals surface area contributed by atoms with Crippen LogP contribution in [0, 0.1) is 0 Å². The van der Waals surface area contributed by atoms with Gasteiger partial charge in [-0.05, 0) is 36.1 Å². The average Bonchev–Trinajstić information content (AvgIpc) is 2.53. The first-order valence-electron chi connectivity index (χ1n) is 6.47. The Balaban J connectivity index is 2.25. The molecular weight excluding hydrogens is 306 g/mol. The van der Waals surface area contributed by atoms with Crippen LogP contribution >= 0.6 is 23.4 Å². The SMILES string of the molecule is COc1cc(CNc2ccccc2Cl)c(SC)cc1OC. The highest BCUT2D eigenvalue weighted by atomic mass is 35.5. The summed E-state index contributed by atoms with van der Waals surface area (Å²) in [5.74, 6) is 1.47. The van der Waals surface area contributed by atoms with Gasteiger partial charge in [-0.25, -0.2) is 0 Å². The minimum atomic E-state index is 0.667. The summed E-state index contributed by atoms with van der Waals surface area (Å²) in [5.41, 5.74) is 2.06. The highest BCUT2D eigenvalue weighted by Crippen LogP contribution is 2.35. The van der Waals surface area contributed by atoms with E-state index in [4.69, 9.17) is 21.1 Å². The first-order chi connectivity index (χ1) is 10.2. The fourth-order valence-corrected chi connectivity index (χ4v) is 2.85. The van der Waals surface area contributed by atoms with Crippen molar-refractivity contribution in [2.45, 2.75) is 11.4 Å². The molecule has 1 N–H and O–H groups in total. The van der Waals surface area contributed by atoms with Gasteiger partial charge in [0.1, 0.15) is 0 Å². The zero-order valence-corrected chi connectivity index (χ0v) is 13.8. The summed E-state index contributed by atoms with van der Waals surface area (Å²) >= 11 is 7.83. The Bertz CT molecular complexity index is 619. The van der Waals surface area contributed by atoms with Crippen LogP contribution in [0.15, 0.2) is 41.3 Å². The molecule has 0 radical (unpaired) electrons. The molecule has 0 unspecified atom stereocenters. The number of anilines is 1. The van der Waals surface area contributed by atoms with E-state index in [-0.39, 0.29) is 0 Å². The van der Waals surface area contributed by atoms with Crippen LogP contribution in [0.3, 0.4) is 0 Å². The minimum absolute atomic E-state index is 0.667. The summed E-state index contributed by atoms with van der Waals surface area (Å²) in [7, 11) is 3.28. The number of methoxy groups -OCH3 is 2. The van der Waals surface area contributed by atoms with Crippen molar-refractivity contribution in [2.24, 2.45) is 0 Å². The molecule has 0 saturated heterocycles. The summed E-state index contributed by atoms with van der Waals surface area (Å²) < 4.78 is 10.7. The predicted octanol–water partition coefficient (Wildman–Crippen LogP) is 4.69. The van der Waals surface area contributed by atoms with Gasteiger partial charge >= 0.3 is 0 Å². The Labute approximate surface area is 134 Å². The number of thioether (sulfide) groups is 1. The third-order valence-electron chi connectivity index (χ3n) is 3.13. The van der Waals surface area contributed by atoms with Crippen molar-refractivity contribution in [3.8, 4) is 11.5 Å². The number of para-hydroxylation sites is 1. The molecule has 0 saturated carbocycles. The van der Waals surface area contributed by atoms with Gasteiger partial charge in [-0.1, -0.05) is 23.7 Å². The third-order valence-corrected chi connectivity index (χ3v) is 4.28. The van der Waals surface area contributed by atoms with Crippen molar-refractivity contribution in [3.63, 3.8) is 0 Å². The maximum atomic E-state index is 6.16. The van der Waals surface area contributed by atoms with Gasteiger partial charge in [0.15, 0.2) is 11.5 Å². The molecule has 0 aromatic heterocycles. The molecule has 112 valence electrons. The zero-order valence-electron chi connectivity index (χ0n) is 12.3. The van der Waals surface area contributed by atoms with Crippen molar-refractivity contribution < 1.29 is 9.47 Å². The first kappa shape index (κ1) is 15.9. The average molecular weight is 324 g/mol. The Hall–Kier alpha value is -1.52. The first-order valence-corrected chi connectivity index (χ1v) is 8.07. The van der Waals surface area contributed by atoms with E-state index in [1.54, 1.807) is 26.0 Å². The topological polar surface area (TPSA) is 30.5 Å². The number of benzene rings is 2. The molecule has 21 heavy (non-hydrogen) atoms. The Kier molecular flexibility index (Phi) is 5.65. The van der Waals surface area contributed by atoms with Crippen LogP contribution in [0.1, 0.15) is 5.56 Å².